The number of rotatable bonds is 5. The van der Waals surface area contributed by atoms with Gasteiger partial charge in [0.25, 0.3) is 5.91 Å². The third-order valence-electron chi connectivity index (χ3n) is 6.73. The lowest BCUT2D eigenvalue weighted by atomic mass is 9.91. The zero-order chi connectivity index (χ0) is 23.0. The van der Waals surface area contributed by atoms with Gasteiger partial charge in [-0.05, 0) is 55.0 Å². The normalized spacial score (nSPS) is 21.2. The molecule has 5 rings (SSSR count). The van der Waals surface area contributed by atoms with E-state index in [1.54, 1.807) is 46.0 Å². The summed E-state index contributed by atoms with van der Waals surface area (Å²) in [5.41, 5.74) is 0.660. The quantitative estimate of drug-likeness (QED) is 0.597. The number of fused-ring (bicyclic) bond motifs is 1. The maximum atomic E-state index is 13.9. The molecular formula is C25H27FN4O2S. The van der Waals surface area contributed by atoms with E-state index in [2.05, 4.69) is 10.4 Å². The van der Waals surface area contributed by atoms with Crippen LogP contribution in [-0.2, 0) is 17.9 Å². The van der Waals surface area contributed by atoms with E-state index in [4.69, 9.17) is 0 Å². The Morgan fingerprint density at radius 1 is 1.21 bits per heavy atom. The number of carbonyl (C=O) groups is 2. The average Bonchev–Trinajstić information content (AvgIpc) is 3.47. The van der Waals surface area contributed by atoms with Gasteiger partial charge in [-0.3, -0.25) is 14.3 Å². The minimum Gasteiger partial charge on any atom is -0.351 e. The van der Waals surface area contributed by atoms with Gasteiger partial charge in [0.05, 0.1) is 11.4 Å². The first-order valence-electron chi connectivity index (χ1n) is 11.4. The van der Waals surface area contributed by atoms with Gasteiger partial charge in [-0.15, -0.1) is 11.3 Å². The second-order valence-electron chi connectivity index (χ2n) is 9.15. The SMILES string of the molecule is C[C@]1(C(=O)NC2CCCCC2)Cn2nc(-c3cccs3)cc2C(=O)N1Cc1cccc(F)c1. The predicted octanol–water partition coefficient (Wildman–Crippen LogP) is 4.61. The second kappa shape index (κ2) is 8.74. The topological polar surface area (TPSA) is 67.2 Å². The molecule has 0 bridgehead atoms. The van der Waals surface area contributed by atoms with E-state index < -0.39 is 5.54 Å². The minimum absolute atomic E-state index is 0.120. The first-order valence-corrected chi connectivity index (χ1v) is 12.3. The highest BCUT2D eigenvalue weighted by molar-refractivity contribution is 7.13. The Kier molecular flexibility index (Phi) is 5.78. The van der Waals surface area contributed by atoms with Gasteiger partial charge in [0, 0.05) is 12.6 Å². The highest BCUT2D eigenvalue weighted by Crippen LogP contribution is 2.33. The van der Waals surface area contributed by atoms with E-state index in [1.807, 2.05) is 17.5 Å². The number of benzene rings is 1. The molecule has 1 aromatic carbocycles. The zero-order valence-electron chi connectivity index (χ0n) is 18.6. The van der Waals surface area contributed by atoms with Crippen molar-refractivity contribution in [2.75, 3.05) is 0 Å². The Morgan fingerprint density at radius 2 is 2.03 bits per heavy atom. The molecule has 2 aromatic heterocycles. The summed E-state index contributed by atoms with van der Waals surface area (Å²) in [6.07, 6.45) is 5.29. The smallest absolute Gasteiger partial charge is 0.273 e. The molecule has 6 nitrogen and oxygen atoms in total. The van der Waals surface area contributed by atoms with Crippen molar-refractivity contribution in [3.05, 3.63) is 64.9 Å². The molecule has 3 heterocycles. The van der Waals surface area contributed by atoms with Crippen molar-refractivity contribution in [3.63, 3.8) is 0 Å². The molecular weight excluding hydrogens is 439 g/mol. The van der Waals surface area contributed by atoms with Crippen LogP contribution in [-0.4, -0.2) is 38.1 Å². The van der Waals surface area contributed by atoms with Crippen molar-refractivity contribution in [1.29, 1.82) is 0 Å². The number of nitrogens with zero attached hydrogens (tertiary/aromatic N) is 3. The zero-order valence-corrected chi connectivity index (χ0v) is 19.4. The largest absolute Gasteiger partial charge is 0.351 e. The van der Waals surface area contributed by atoms with Crippen LogP contribution in [0.25, 0.3) is 10.6 Å². The number of thiophene rings is 1. The van der Waals surface area contributed by atoms with Gasteiger partial charge in [-0.1, -0.05) is 37.5 Å². The van der Waals surface area contributed by atoms with Crippen LogP contribution in [0.15, 0.2) is 47.8 Å². The van der Waals surface area contributed by atoms with Crippen molar-refractivity contribution < 1.29 is 14.0 Å². The van der Waals surface area contributed by atoms with Crippen molar-refractivity contribution in [2.45, 2.75) is 63.7 Å². The van der Waals surface area contributed by atoms with Crippen LogP contribution >= 0.6 is 11.3 Å². The standard InChI is InChI=1S/C25H27FN4O2S/c1-25(24(32)27-19-9-3-2-4-10-19)16-30-21(14-20(28-30)22-11-6-12-33-22)23(31)29(25)15-17-7-5-8-18(26)13-17/h5-8,11-14,19H,2-4,9-10,15-16H2,1H3,(H,27,32)/t25-/m1/s1. The third kappa shape index (κ3) is 4.19. The summed E-state index contributed by atoms with van der Waals surface area (Å²) in [5.74, 6) is -0.824. The van der Waals surface area contributed by atoms with E-state index in [0.717, 1.165) is 36.3 Å². The molecule has 1 fully saturated rings. The lowest BCUT2D eigenvalue weighted by Gasteiger charge is -2.44. The number of hydrogen-bond acceptors (Lipinski definition) is 4. The Bertz CT molecular complexity index is 1170. The number of amides is 2. The molecule has 1 saturated carbocycles. The fourth-order valence-corrected chi connectivity index (χ4v) is 5.52. The Morgan fingerprint density at radius 3 is 2.76 bits per heavy atom. The number of hydrogen-bond donors (Lipinski definition) is 1. The number of halogens is 1. The highest BCUT2D eigenvalue weighted by Gasteiger charge is 2.48. The fourth-order valence-electron chi connectivity index (χ4n) is 4.84. The summed E-state index contributed by atoms with van der Waals surface area (Å²) in [4.78, 5) is 29.9. The van der Waals surface area contributed by atoms with Crippen LogP contribution in [0.1, 0.15) is 55.1 Å². The summed E-state index contributed by atoms with van der Waals surface area (Å²) in [5, 5.41) is 9.83. The van der Waals surface area contributed by atoms with E-state index in [-0.39, 0.29) is 36.8 Å². The molecule has 2 aliphatic rings. The maximum absolute atomic E-state index is 13.9. The maximum Gasteiger partial charge on any atom is 0.273 e. The van der Waals surface area contributed by atoms with Crippen molar-refractivity contribution in [2.24, 2.45) is 0 Å². The summed E-state index contributed by atoms with van der Waals surface area (Å²) < 4.78 is 15.5. The van der Waals surface area contributed by atoms with Crippen LogP contribution < -0.4 is 5.32 Å². The molecule has 0 unspecified atom stereocenters. The van der Waals surface area contributed by atoms with Crippen LogP contribution in [0.4, 0.5) is 4.39 Å². The minimum atomic E-state index is -1.15. The molecule has 0 saturated heterocycles. The third-order valence-corrected chi connectivity index (χ3v) is 7.62. The van der Waals surface area contributed by atoms with Crippen molar-refractivity contribution in [3.8, 4) is 10.6 Å². The second-order valence-corrected chi connectivity index (χ2v) is 10.1. The van der Waals surface area contributed by atoms with Crippen LogP contribution in [0.2, 0.25) is 0 Å². The summed E-state index contributed by atoms with van der Waals surface area (Å²) in [6.45, 7) is 2.18. The lowest BCUT2D eigenvalue weighted by molar-refractivity contribution is -0.134. The van der Waals surface area contributed by atoms with Gasteiger partial charge in [-0.25, -0.2) is 4.39 Å². The molecule has 1 N–H and O–H groups in total. The molecule has 1 aliphatic carbocycles. The van der Waals surface area contributed by atoms with E-state index in [1.165, 1.54) is 18.6 Å². The van der Waals surface area contributed by atoms with Gasteiger partial charge in [-0.2, -0.15) is 5.10 Å². The van der Waals surface area contributed by atoms with Crippen LogP contribution in [0, 0.1) is 5.82 Å². The summed E-state index contributed by atoms with van der Waals surface area (Å²) in [7, 11) is 0. The van der Waals surface area contributed by atoms with Crippen molar-refractivity contribution in [1.82, 2.24) is 20.0 Å². The molecule has 2 amide bonds. The molecule has 1 aliphatic heterocycles. The molecule has 0 radical (unpaired) electrons. The Hall–Kier alpha value is -3.00. The van der Waals surface area contributed by atoms with E-state index >= 15 is 0 Å². The van der Waals surface area contributed by atoms with Gasteiger partial charge in [0.1, 0.15) is 22.7 Å². The Labute approximate surface area is 196 Å². The molecule has 0 spiro atoms. The molecule has 33 heavy (non-hydrogen) atoms. The first-order chi connectivity index (χ1) is 15.9. The van der Waals surface area contributed by atoms with Gasteiger partial charge in [0.15, 0.2) is 0 Å². The van der Waals surface area contributed by atoms with E-state index in [9.17, 15) is 14.0 Å². The summed E-state index contributed by atoms with van der Waals surface area (Å²) in [6, 6.07) is 12.0. The average molecular weight is 467 g/mol. The predicted molar refractivity (Wildman–Crippen MR) is 125 cm³/mol. The molecule has 3 aromatic rings. The first kappa shape index (κ1) is 21.8. The summed E-state index contributed by atoms with van der Waals surface area (Å²) >= 11 is 1.55. The van der Waals surface area contributed by atoms with Gasteiger partial charge < -0.3 is 10.2 Å². The Balaban J connectivity index is 1.51. The molecule has 1 atom stereocenters. The number of nitrogens with one attached hydrogen (secondary N) is 1. The van der Waals surface area contributed by atoms with Crippen LogP contribution in [0.5, 0.6) is 0 Å². The molecule has 8 heteroatoms. The highest BCUT2D eigenvalue weighted by atomic mass is 32.1. The lowest BCUT2D eigenvalue weighted by Crippen LogP contribution is -2.64. The monoisotopic (exact) mass is 466 g/mol. The van der Waals surface area contributed by atoms with Gasteiger partial charge in [0.2, 0.25) is 5.91 Å². The van der Waals surface area contributed by atoms with E-state index in [0.29, 0.717) is 11.3 Å². The van der Waals surface area contributed by atoms with Crippen LogP contribution in [0.3, 0.4) is 0 Å². The molecule has 172 valence electrons. The van der Waals surface area contributed by atoms with Gasteiger partial charge >= 0.3 is 0 Å². The van der Waals surface area contributed by atoms with Crippen molar-refractivity contribution >= 4 is 23.2 Å². The fraction of sp³-hybridized carbons (Fsp3) is 0.400. The number of carbonyl (C=O) groups excluding carboxylic acids is 2. The number of aromatic nitrogens is 2.